The molecule has 47 heavy (non-hydrogen) atoms. The van der Waals surface area contributed by atoms with Gasteiger partial charge in [-0.25, -0.2) is 4.79 Å². The number of rotatable bonds is 14. The second kappa shape index (κ2) is 15.5. The summed E-state index contributed by atoms with van der Waals surface area (Å²) in [4.78, 5) is 20.4. The highest BCUT2D eigenvalue weighted by molar-refractivity contribution is 6.91. The molecular formula is C39H45NO6Si. The zero-order valence-corrected chi connectivity index (χ0v) is 28.4. The van der Waals surface area contributed by atoms with Crippen molar-refractivity contribution in [2.45, 2.75) is 75.8 Å². The molecule has 0 radical (unpaired) electrons. The van der Waals surface area contributed by atoms with Gasteiger partial charge < -0.3 is 18.9 Å². The first-order valence-corrected chi connectivity index (χ1v) is 19.6. The third kappa shape index (κ3) is 7.59. The first-order valence-electron chi connectivity index (χ1n) is 16.6. The Labute approximate surface area is 279 Å². The number of hydroxylamine groups is 2. The molecule has 2 aliphatic heterocycles. The molecule has 0 saturated carbocycles. The third-order valence-corrected chi connectivity index (χ3v) is 13.6. The fourth-order valence-electron chi connectivity index (χ4n) is 7.06. The lowest BCUT2D eigenvalue weighted by atomic mass is 10.0. The number of hydrogen-bond donors (Lipinski definition) is 0. The van der Waals surface area contributed by atoms with Gasteiger partial charge in [0.2, 0.25) is 0 Å². The Bertz CT molecular complexity index is 1540. The van der Waals surface area contributed by atoms with Gasteiger partial charge in [-0.1, -0.05) is 140 Å². The van der Waals surface area contributed by atoms with Crippen molar-refractivity contribution < 1.29 is 28.6 Å². The van der Waals surface area contributed by atoms with E-state index in [0.29, 0.717) is 26.4 Å². The predicted octanol–water partition coefficient (Wildman–Crippen LogP) is 6.29. The molecule has 2 saturated heterocycles. The predicted molar refractivity (Wildman–Crippen MR) is 184 cm³/mol. The highest BCUT2D eigenvalue weighted by Gasteiger charge is 2.65. The van der Waals surface area contributed by atoms with E-state index in [2.05, 4.69) is 73.8 Å². The van der Waals surface area contributed by atoms with Crippen LogP contribution < -0.4 is 5.19 Å². The Hall–Kier alpha value is -3.63. The molecule has 0 amide bonds. The van der Waals surface area contributed by atoms with Crippen LogP contribution in [-0.4, -0.2) is 62.7 Å². The van der Waals surface area contributed by atoms with Gasteiger partial charge in [-0.15, -0.1) is 0 Å². The van der Waals surface area contributed by atoms with Gasteiger partial charge in [0, 0.05) is 5.54 Å². The number of carbonyl (C=O) groups excluding carboxylic acids is 1. The molecule has 2 aliphatic rings. The number of esters is 1. The molecule has 6 atom stereocenters. The van der Waals surface area contributed by atoms with E-state index in [1.165, 1.54) is 5.19 Å². The molecule has 0 N–H and O–H groups in total. The van der Waals surface area contributed by atoms with E-state index in [0.717, 1.165) is 16.7 Å². The van der Waals surface area contributed by atoms with E-state index in [1.807, 2.05) is 72.7 Å². The molecule has 0 bridgehead atoms. The number of benzene rings is 4. The van der Waals surface area contributed by atoms with Gasteiger partial charge in [0.1, 0.15) is 12.2 Å². The van der Waals surface area contributed by atoms with E-state index in [4.69, 9.17) is 23.8 Å². The molecule has 2 fully saturated rings. The quantitative estimate of drug-likeness (QED) is 0.117. The molecule has 0 aromatic heterocycles. The van der Waals surface area contributed by atoms with Gasteiger partial charge in [-0.05, 0) is 23.6 Å². The standard InChI is InChI=1S/C39H45NO6Si/c1-4-43-39(41)37-38(47(2,3)32-23-15-8-16-24-32)34-36(45-27-31-21-13-7-14-22-31)35(44-26-30-19-11-6-12-20-30)33(40(34)46-37)28-42-25-29-17-9-5-10-18-29/h5-24,33-38H,4,25-28H2,1-3H3/t33-,34-,35-,36-,37-,38+/m1/s1. The van der Waals surface area contributed by atoms with E-state index in [9.17, 15) is 4.79 Å². The lowest BCUT2D eigenvalue weighted by molar-refractivity contribution is -0.208. The Morgan fingerprint density at radius 3 is 1.72 bits per heavy atom. The van der Waals surface area contributed by atoms with E-state index < -0.39 is 20.3 Å². The molecular weight excluding hydrogens is 607 g/mol. The second-order valence-electron chi connectivity index (χ2n) is 12.8. The fraction of sp³-hybridized carbons (Fsp3) is 0.359. The maximum Gasteiger partial charge on any atom is 0.337 e. The monoisotopic (exact) mass is 651 g/mol. The average molecular weight is 652 g/mol. The minimum Gasteiger partial charge on any atom is -0.464 e. The number of fused-ring (bicyclic) bond motifs is 1. The van der Waals surface area contributed by atoms with Crippen LogP contribution in [0.3, 0.4) is 0 Å². The summed E-state index contributed by atoms with van der Waals surface area (Å²) in [6, 6.07) is 40.4. The highest BCUT2D eigenvalue weighted by atomic mass is 28.3. The van der Waals surface area contributed by atoms with E-state index in [-0.39, 0.29) is 36.3 Å². The van der Waals surface area contributed by atoms with Crippen LogP contribution in [0.1, 0.15) is 23.6 Å². The molecule has 0 spiro atoms. The van der Waals surface area contributed by atoms with Crippen molar-refractivity contribution in [2.75, 3.05) is 13.2 Å². The van der Waals surface area contributed by atoms with Gasteiger partial charge in [-0.2, -0.15) is 5.06 Å². The minimum atomic E-state index is -2.41. The first kappa shape index (κ1) is 33.3. The Kier molecular flexibility index (Phi) is 11.0. The zero-order chi connectivity index (χ0) is 32.6. The van der Waals surface area contributed by atoms with Crippen LogP contribution in [0.2, 0.25) is 18.6 Å². The van der Waals surface area contributed by atoms with E-state index >= 15 is 0 Å². The Morgan fingerprint density at radius 1 is 0.702 bits per heavy atom. The smallest absolute Gasteiger partial charge is 0.337 e. The van der Waals surface area contributed by atoms with Crippen molar-refractivity contribution in [3.63, 3.8) is 0 Å². The molecule has 4 aromatic rings. The van der Waals surface area contributed by atoms with Crippen molar-refractivity contribution >= 4 is 19.2 Å². The number of carbonyl (C=O) groups is 1. The van der Waals surface area contributed by atoms with Gasteiger partial charge >= 0.3 is 5.97 Å². The average Bonchev–Trinajstić information content (AvgIpc) is 3.63. The second-order valence-corrected chi connectivity index (χ2v) is 17.5. The van der Waals surface area contributed by atoms with Crippen LogP contribution in [0.25, 0.3) is 0 Å². The van der Waals surface area contributed by atoms with Crippen molar-refractivity contribution in [1.82, 2.24) is 5.06 Å². The summed E-state index contributed by atoms with van der Waals surface area (Å²) in [6.07, 6.45) is -1.55. The van der Waals surface area contributed by atoms with Crippen LogP contribution in [-0.2, 0) is 48.4 Å². The normalized spacial score (nSPS) is 24.2. The summed E-state index contributed by atoms with van der Waals surface area (Å²) < 4.78 is 25.8. The molecule has 4 aromatic carbocycles. The van der Waals surface area contributed by atoms with Crippen molar-refractivity contribution in [1.29, 1.82) is 0 Å². The lowest BCUT2D eigenvalue weighted by Crippen LogP contribution is -2.56. The maximum absolute atomic E-state index is 13.7. The zero-order valence-electron chi connectivity index (χ0n) is 27.4. The lowest BCUT2D eigenvalue weighted by Gasteiger charge is -2.37. The largest absolute Gasteiger partial charge is 0.464 e. The van der Waals surface area contributed by atoms with Gasteiger partial charge in [-0.3, -0.25) is 4.84 Å². The molecule has 0 unspecified atom stereocenters. The van der Waals surface area contributed by atoms with Crippen molar-refractivity contribution in [2.24, 2.45) is 0 Å². The van der Waals surface area contributed by atoms with Gasteiger partial charge in [0.15, 0.2) is 6.10 Å². The number of nitrogens with zero attached hydrogens (tertiary/aromatic N) is 1. The number of hydrogen-bond acceptors (Lipinski definition) is 7. The molecule has 8 heteroatoms. The summed E-state index contributed by atoms with van der Waals surface area (Å²) in [7, 11) is -2.41. The van der Waals surface area contributed by atoms with Gasteiger partial charge in [0.05, 0.1) is 53.2 Å². The maximum atomic E-state index is 13.7. The number of ether oxygens (including phenoxy) is 4. The van der Waals surface area contributed by atoms with Crippen molar-refractivity contribution in [3.8, 4) is 0 Å². The summed E-state index contributed by atoms with van der Waals surface area (Å²) in [5.41, 5.74) is 3.06. The van der Waals surface area contributed by atoms with Crippen LogP contribution in [0.4, 0.5) is 0 Å². The molecule has 6 rings (SSSR count). The summed E-state index contributed by atoms with van der Waals surface area (Å²) in [5, 5.41) is 3.23. The highest BCUT2D eigenvalue weighted by Crippen LogP contribution is 2.49. The summed E-state index contributed by atoms with van der Waals surface area (Å²) in [5.74, 6) is -0.337. The fourth-order valence-corrected chi connectivity index (χ4v) is 10.6. The third-order valence-electron chi connectivity index (χ3n) is 9.43. The van der Waals surface area contributed by atoms with Crippen LogP contribution in [0, 0.1) is 0 Å². The summed E-state index contributed by atoms with van der Waals surface area (Å²) >= 11 is 0. The van der Waals surface area contributed by atoms with Crippen LogP contribution >= 0.6 is 0 Å². The van der Waals surface area contributed by atoms with Crippen LogP contribution in [0.5, 0.6) is 0 Å². The van der Waals surface area contributed by atoms with Crippen molar-refractivity contribution in [3.05, 3.63) is 138 Å². The molecule has 7 nitrogen and oxygen atoms in total. The molecule has 246 valence electrons. The molecule has 0 aliphatic carbocycles. The Morgan fingerprint density at radius 2 is 1.19 bits per heavy atom. The first-order chi connectivity index (χ1) is 23.0. The van der Waals surface area contributed by atoms with Crippen LogP contribution in [0.15, 0.2) is 121 Å². The minimum absolute atomic E-state index is 0.174. The molecule has 2 heterocycles. The summed E-state index contributed by atoms with van der Waals surface area (Å²) in [6.45, 7) is 8.36. The van der Waals surface area contributed by atoms with Gasteiger partial charge in [0.25, 0.3) is 0 Å². The Balaban J connectivity index is 1.38. The SMILES string of the molecule is CCOC(=O)[C@@H]1ON2[C@H]([C@@H](OCc3ccccc3)[C@H](OCc3ccccc3)[C@H]2COCc2ccccc2)[C@@H]1[Si](C)(C)c1ccccc1. The topological polar surface area (TPSA) is 66.5 Å². The van der Waals surface area contributed by atoms with E-state index in [1.54, 1.807) is 0 Å².